The average molecular weight is 600 g/mol. The van der Waals surface area contributed by atoms with Crippen LogP contribution in [-0.2, 0) is 28.7 Å². The maximum absolute atomic E-state index is 14.8. The number of nitrogens with zero attached hydrogens (tertiary/aromatic N) is 2. The summed E-state index contributed by atoms with van der Waals surface area (Å²) in [4.78, 5) is 58.6. The Bertz CT molecular complexity index is 1500. The van der Waals surface area contributed by atoms with Gasteiger partial charge in [0.1, 0.15) is 23.7 Å². The van der Waals surface area contributed by atoms with Crippen LogP contribution in [0.4, 0.5) is 5.69 Å². The summed E-state index contributed by atoms with van der Waals surface area (Å²) in [6.45, 7) is 3.65. The van der Waals surface area contributed by atoms with Crippen molar-refractivity contribution in [1.29, 1.82) is 0 Å². The van der Waals surface area contributed by atoms with Crippen molar-refractivity contribution in [3.8, 4) is 0 Å². The number of carbonyl (C=O) groups is 4. The number of ether oxygens (including phenoxy) is 2. The fourth-order valence-electron chi connectivity index (χ4n) is 7.16. The SMILES string of the molecule is Cc1cccc(C)c1N1C/C=C\CCC(=O)NC[C@@H](c2ccccc2)OC(=O)[C@@H]2[C@@H]3C=C[C@]4(O3)[C@H](C1=O)N(CCO)C(=O)[C@@H]24. The molecular formula is C34H37N3O7. The molecule has 10 heteroatoms. The first-order valence-corrected chi connectivity index (χ1v) is 15.1. The predicted molar refractivity (Wildman–Crippen MR) is 161 cm³/mol. The minimum atomic E-state index is -1.40. The Morgan fingerprint density at radius 2 is 1.73 bits per heavy atom. The number of esters is 1. The Labute approximate surface area is 256 Å². The molecule has 6 rings (SSSR count). The van der Waals surface area contributed by atoms with Gasteiger partial charge in [0.05, 0.1) is 25.2 Å². The molecular weight excluding hydrogens is 562 g/mol. The molecule has 5 bridgehead atoms. The summed E-state index contributed by atoms with van der Waals surface area (Å²) < 4.78 is 12.5. The number of rotatable bonds is 4. The van der Waals surface area contributed by atoms with Gasteiger partial charge in [0.2, 0.25) is 11.8 Å². The molecule has 2 N–H and O–H groups in total. The number of cyclic esters (lactones) is 1. The van der Waals surface area contributed by atoms with Crippen molar-refractivity contribution in [3.63, 3.8) is 0 Å². The van der Waals surface area contributed by atoms with E-state index >= 15 is 0 Å². The van der Waals surface area contributed by atoms with E-state index in [1.807, 2.05) is 74.5 Å². The van der Waals surface area contributed by atoms with E-state index in [1.54, 1.807) is 17.1 Å². The Balaban J connectivity index is 1.44. The van der Waals surface area contributed by atoms with E-state index < -0.39 is 47.6 Å². The van der Waals surface area contributed by atoms with Crippen LogP contribution < -0.4 is 10.2 Å². The highest BCUT2D eigenvalue weighted by Gasteiger charge is 2.73. The maximum Gasteiger partial charge on any atom is 0.313 e. The van der Waals surface area contributed by atoms with E-state index in [0.29, 0.717) is 17.7 Å². The van der Waals surface area contributed by atoms with E-state index in [-0.39, 0.29) is 44.5 Å². The lowest BCUT2D eigenvalue weighted by atomic mass is 9.74. The number of aryl methyl sites for hydroxylation is 2. The number of amides is 3. The number of hydrogen-bond acceptors (Lipinski definition) is 7. The summed E-state index contributed by atoms with van der Waals surface area (Å²) >= 11 is 0. The van der Waals surface area contributed by atoms with Crippen LogP contribution in [0, 0.1) is 25.7 Å². The summed E-state index contributed by atoms with van der Waals surface area (Å²) in [5.74, 6) is -3.66. The third kappa shape index (κ3) is 5.01. The lowest BCUT2D eigenvalue weighted by Gasteiger charge is -2.36. The largest absolute Gasteiger partial charge is 0.455 e. The van der Waals surface area contributed by atoms with Gasteiger partial charge in [0, 0.05) is 25.2 Å². The fourth-order valence-corrected chi connectivity index (χ4v) is 7.16. The molecule has 0 aromatic heterocycles. The second-order valence-corrected chi connectivity index (χ2v) is 11.8. The summed E-state index contributed by atoms with van der Waals surface area (Å²) in [5.41, 5.74) is 1.77. The van der Waals surface area contributed by atoms with Crippen molar-refractivity contribution in [2.75, 3.05) is 31.1 Å². The number of likely N-dealkylation sites (tertiary alicyclic amines) is 1. The van der Waals surface area contributed by atoms with Crippen LogP contribution in [0.15, 0.2) is 72.8 Å². The average Bonchev–Trinajstić information content (AvgIpc) is 3.65. The quantitative estimate of drug-likeness (QED) is 0.409. The number of carbonyl (C=O) groups excluding carboxylic acids is 4. The fraction of sp³-hybridized carbons (Fsp3) is 0.412. The van der Waals surface area contributed by atoms with Crippen molar-refractivity contribution >= 4 is 29.4 Å². The molecule has 4 aliphatic rings. The van der Waals surface area contributed by atoms with Gasteiger partial charge >= 0.3 is 5.97 Å². The molecule has 1 spiro atoms. The van der Waals surface area contributed by atoms with Crippen LogP contribution in [0.2, 0.25) is 0 Å². The first kappa shape index (κ1) is 29.8. The summed E-state index contributed by atoms with van der Waals surface area (Å²) in [6.07, 6.45) is 6.29. The van der Waals surface area contributed by atoms with E-state index in [0.717, 1.165) is 11.1 Å². The van der Waals surface area contributed by atoms with Crippen molar-refractivity contribution < 1.29 is 33.8 Å². The Kier molecular flexibility index (Phi) is 8.13. The molecule has 3 amide bonds. The number of benzene rings is 2. The molecule has 0 unspecified atom stereocenters. The standard InChI is InChI=1S/C34H37N3O7/c1-21-10-9-11-22(2)29(21)36-17-8-4-7-14-26(39)35-20-25(23-12-5-3-6-13-23)43-33(42)27-24-15-16-34(44-24)28(27)31(40)37(18-19-38)30(34)32(36)41/h3-6,8-13,15-16,24-25,27-28,30,38H,7,14,17-20H2,1-2H3,(H,35,39)/b8-4-/t24-,25-,27+,28+,30-,34+/m0/s1. The number of fused-ring (bicyclic) bond motifs is 2. The third-order valence-electron chi connectivity index (χ3n) is 9.10. The molecule has 0 radical (unpaired) electrons. The van der Waals surface area contributed by atoms with Crippen LogP contribution in [-0.4, -0.2) is 77.7 Å². The molecule has 0 saturated carbocycles. The number of anilines is 1. The monoisotopic (exact) mass is 599 g/mol. The van der Waals surface area contributed by atoms with Gasteiger partial charge in [-0.15, -0.1) is 0 Å². The smallest absolute Gasteiger partial charge is 0.313 e. The number of nitrogens with one attached hydrogen (secondary N) is 1. The normalized spacial score (nSPS) is 31.2. The van der Waals surface area contributed by atoms with Crippen LogP contribution in [0.25, 0.3) is 0 Å². The molecule has 10 nitrogen and oxygen atoms in total. The van der Waals surface area contributed by atoms with Crippen molar-refractivity contribution in [2.24, 2.45) is 11.8 Å². The van der Waals surface area contributed by atoms with Gasteiger partial charge in [0.15, 0.2) is 0 Å². The molecule has 6 atom stereocenters. The molecule has 230 valence electrons. The molecule has 2 saturated heterocycles. The zero-order valence-electron chi connectivity index (χ0n) is 24.8. The van der Waals surface area contributed by atoms with Gasteiger partial charge in [-0.1, -0.05) is 72.8 Å². The molecule has 2 fully saturated rings. The Morgan fingerprint density at radius 3 is 2.45 bits per heavy atom. The first-order chi connectivity index (χ1) is 21.3. The zero-order chi connectivity index (χ0) is 31.0. The van der Waals surface area contributed by atoms with Gasteiger partial charge in [-0.2, -0.15) is 0 Å². The van der Waals surface area contributed by atoms with E-state index in [4.69, 9.17) is 9.47 Å². The van der Waals surface area contributed by atoms with Gasteiger partial charge in [0.25, 0.3) is 5.91 Å². The minimum Gasteiger partial charge on any atom is -0.455 e. The topological polar surface area (TPSA) is 125 Å². The first-order valence-electron chi connectivity index (χ1n) is 15.1. The lowest BCUT2D eigenvalue weighted by molar-refractivity contribution is -0.159. The van der Waals surface area contributed by atoms with Crippen molar-refractivity contribution in [2.45, 2.75) is 50.5 Å². The van der Waals surface area contributed by atoms with E-state index in [9.17, 15) is 24.3 Å². The van der Waals surface area contributed by atoms with Crippen LogP contribution >= 0.6 is 0 Å². The Morgan fingerprint density at radius 1 is 0.977 bits per heavy atom. The maximum atomic E-state index is 14.8. The van der Waals surface area contributed by atoms with Crippen molar-refractivity contribution in [1.82, 2.24) is 10.2 Å². The van der Waals surface area contributed by atoms with Crippen LogP contribution in [0.1, 0.15) is 35.6 Å². The molecule has 0 aliphatic carbocycles. The number of β-amino-alcohol motifs (C(OH)–C–C–N with tert-alkyl or cyclic N) is 1. The van der Waals surface area contributed by atoms with Gasteiger partial charge in [-0.3, -0.25) is 19.2 Å². The van der Waals surface area contributed by atoms with Gasteiger partial charge in [-0.05, 0) is 37.0 Å². The third-order valence-corrected chi connectivity index (χ3v) is 9.10. The van der Waals surface area contributed by atoms with E-state index in [1.165, 1.54) is 4.90 Å². The molecule has 4 heterocycles. The van der Waals surface area contributed by atoms with Crippen LogP contribution in [0.3, 0.4) is 0 Å². The highest BCUT2D eigenvalue weighted by atomic mass is 16.6. The lowest BCUT2D eigenvalue weighted by Crippen LogP contribution is -2.56. The number of hydrogen-bond donors (Lipinski definition) is 2. The molecule has 2 aromatic carbocycles. The second kappa shape index (κ2) is 12.0. The molecule has 2 aromatic rings. The number of aliphatic hydroxyl groups excluding tert-OH is 1. The van der Waals surface area contributed by atoms with Gasteiger partial charge < -0.3 is 29.7 Å². The number of aliphatic hydroxyl groups is 1. The minimum absolute atomic E-state index is 0.0637. The van der Waals surface area contributed by atoms with Crippen molar-refractivity contribution in [3.05, 3.63) is 89.5 Å². The zero-order valence-corrected chi connectivity index (χ0v) is 24.8. The number of para-hydroxylation sites is 1. The van der Waals surface area contributed by atoms with Gasteiger partial charge in [-0.25, -0.2) is 0 Å². The summed E-state index contributed by atoms with van der Waals surface area (Å²) in [6, 6.07) is 13.8. The highest BCUT2D eigenvalue weighted by molar-refractivity contribution is 6.06. The predicted octanol–water partition coefficient (Wildman–Crippen LogP) is 2.53. The molecule has 44 heavy (non-hydrogen) atoms. The Hall–Kier alpha value is -4.28. The summed E-state index contributed by atoms with van der Waals surface area (Å²) in [7, 11) is 0. The second-order valence-electron chi connectivity index (χ2n) is 11.8. The number of allylic oxidation sites excluding steroid dienone is 1. The summed E-state index contributed by atoms with van der Waals surface area (Å²) in [5, 5.41) is 12.9. The van der Waals surface area contributed by atoms with Crippen LogP contribution in [0.5, 0.6) is 0 Å². The molecule has 4 aliphatic heterocycles. The van der Waals surface area contributed by atoms with E-state index in [2.05, 4.69) is 5.32 Å². The highest BCUT2D eigenvalue weighted by Crippen LogP contribution is 2.56.